The summed E-state index contributed by atoms with van der Waals surface area (Å²) in [4.78, 5) is 24.0. The van der Waals surface area contributed by atoms with E-state index < -0.39 is 10.0 Å². The van der Waals surface area contributed by atoms with Crippen molar-refractivity contribution in [3.63, 3.8) is 0 Å². The SMILES string of the molecule is CC(CCNC(=O)c1cccc(S(=O)(=O)N2CCNC(=O)C2)c1)c1ccccc1. The maximum Gasteiger partial charge on any atom is 0.251 e. The molecule has 0 aliphatic carbocycles. The molecule has 2 amide bonds. The van der Waals surface area contributed by atoms with Crippen LogP contribution >= 0.6 is 0 Å². The van der Waals surface area contributed by atoms with Gasteiger partial charge in [0, 0.05) is 25.2 Å². The Bertz CT molecular complexity index is 976. The lowest BCUT2D eigenvalue weighted by molar-refractivity contribution is -0.122. The maximum atomic E-state index is 12.8. The standard InChI is InChI=1S/C21H25N3O4S/c1-16(17-6-3-2-4-7-17)10-11-23-21(26)18-8-5-9-19(14-18)29(27,28)24-13-12-22-20(25)15-24/h2-9,14,16H,10-13,15H2,1H3,(H,22,25)(H,23,26). The van der Waals surface area contributed by atoms with Crippen LogP contribution in [0.3, 0.4) is 0 Å². The molecule has 154 valence electrons. The third kappa shape index (κ3) is 5.21. The third-order valence-electron chi connectivity index (χ3n) is 4.97. The third-order valence-corrected chi connectivity index (χ3v) is 6.81. The van der Waals surface area contributed by atoms with Crippen LogP contribution in [0.1, 0.15) is 35.2 Å². The van der Waals surface area contributed by atoms with Gasteiger partial charge in [0.2, 0.25) is 15.9 Å². The molecule has 7 nitrogen and oxygen atoms in total. The first-order valence-corrected chi connectivity index (χ1v) is 11.0. The van der Waals surface area contributed by atoms with Crippen LogP contribution in [0.5, 0.6) is 0 Å². The van der Waals surface area contributed by atoms with Gasteiger partial charge in [-0.3, -0.25) is 9.59 Å². The maximum absolute atomic E-state index is 12.8. The summed E-state index contributed by atoms with van der Waals surface area (Å²) < 4.78 is 26.7. The monoisotopic (exact) mass is 415 g/mol. The van der Waals surface area contributed by atoms with Crippen molar-refractivity contribution in [1.82, 2.24) is 14.9 Å². The van der Waals surface area contributed by atoms with Gasteiger partial charge in [0.15, 0.2) is 0 Å². The minimum atomic E-state index is -3.83. The molecule has 1 heterocycles. The lowest BCUT2D eigenvalue weighted by atomic mass is 9.98. The van der Waals surface area contributed by atoms with Crippen LogP contribution in [-0.2, 0) is 14.8 Å². The number of piperazine rings is 1. The van der Waals surface area contributed by atoms with Crippen LogP contribution in [0.2, 0.25) is 0 Å². The lowest BCUT2D eigenvalue weighted by Crippen LogP contribution is -2.49. The lowest BCUT2D eigenvalue weighted by Gasteiger charge is -2.26. The highest BCUT2D eigenvalue weighted by molar-refractivity contribution is 7.89. The molecule has 3 rings (SSSR count). The number of amides is 2. The molecule has 2 N–H and O–H groups in total. The highest BCUT2D eigenvalue weighted by atomic mass is 32.2. The first-order chi connectivity index (χ1) is 13.9. The second-order valence-electron chi connectivity index (χ2n) is 7.07. The van der Waals surface area contributed by atoms with E-state index in [1.807, 2.05) is 18.2 Å². The van der Waals surface area contributed by atoms with Gasteiger partial charge in [-0.25, -0.2) is 8.42 Å². The van der Waals surface area contributed by atoms with E-state index in [2.05, 4.69) is 29.7 Å². The van der Waals surface area contributed by atoms with Crippen molar-refractivity contribution in [2.45, 2.75) is 24.2 Å². The van der Waals surface area contributed by atoms with E-state index in [4.69, 9.17) is 0 Å². The number of sulfonamides is 1. The average molecular weight is 416 g/mol. The first kappa shape index (κ1) is 21.0. The van der Waals surface area contributed by atoms with E-state index in [1.54, 1.807) is 12.1 Å². The highest BCUT2D eigenvalue weighted by Gasteiger charge is 2.29. The first-order valence-electron chi connectivity index (χ1n) is 9.58. The van der Waals surface area contributed by atoms with Crippen LogP contribution in [0.4, 0.5) is 0 Å². The molecule has 1 atom stereocenters. The summed E-state index contributed by atoms with van der Waals surface area (Å²) in [6.45, 7) is 2.86. The van der Waals surface area contributed by atoms with Gasteiger partial charge in [-0.2, -0.15) is 4.31 Å². The zero-order valence-corrected chi connectivity index (χ0v) is 17.1. The van der Waals surface area contributed by atoms with Crippen LogP contribution in [0.15, 0.2) is 59.5 Å². The molecule has 0 saturated carbocycles. The quantitative estimate of drug-likeness (QED) is 0.720. The van der Waals surface area contributed by atoms with Crippen molar-refractivity contribution in [2.24, 2.45) is 0 Å². The Hall–Kier alpha value is -2.71. The van der Waals surface area contributed by atoms with E-state index in [9.17, 15) is 18.0 Å². The summed E-state index contributed by atoms with van der Waals surface area (Å²) >= 11 is 0. The summed E-state index contributed by atoms with van der Waals surface area (Å²) in [6.07, 6.45) is 0.774. The summed E-state index contributed by atoms with van der Waals surface area (Å²) in [6, 6.07) is 16.0. The van der Waals surface area contributed by atoms with Gasteiger partial charge in [-0.05, 0) is 36.1 Å². The average Bonchev–Trinajstić information content (AvgIpc) is 2.74. The zero-order valence-electron chi connectivity index (χ0n) is 16.3. The van der Waals surface area contributed by atoms with Crippen molar-refractivity contribution < 1.29 is 18.0 Å². The fourth-order valence-electron chi connectivity index (χ4n) is 3.22. The predicted molar refractivity (Wildman–Crippen MR) is 110 cm³/mol. The number of nitrogens with one attached hydrogen (secondary N) is 2. The van der Waals surface area contributed by atoms with Crippen LogP contribution < -0.4 is 10.6 Å². The number of carbonyl (C=O) groups is 2. The summed E-state index contributed by atoms with van der Waals surface area (Å²) in [5.41, 5.74) is 1.49. The van der Waals surface area contributed by atoms with Gasteiger partial charge in [0.1, 0.15) is 0 Å². The van der Waals surface area contributed by atoms with E-state index in [-0.39, 0.29) is 41.9 Å². The van der Waals surface area contributed by atoms with E-state index in [0.717, 1.165) is 10.7 Å². The van der Waals surface area contributed by atoms with Crippen LogP contribution in [-0.4, -0.2) is 50.7 Å². The molecule has 2 aromatic rings. The molecular formula is C21H25N3O4S. The molecule has 1 unspecified atom stereocenters. The zero-order chi connectivity index (χ0) is 20.9. The van der Waals surface area contributed by atoms with E-state index in [1.165, 1.54) is 17.7 Å². The molecule has 0 aromatic heterocycles. The van der Waals surface area contributed by atoms with Crippen LogP contribution in [0.25, 0.3) is 0 Å². The van der Waals surface area contributed by atoms with Gasteiger partial charge < -0.3 is 10.6 Å². The highest BCUT2D eigenvalue weighted by Crippen LogP contribution is 2.19. The predicted octanol–water partition coefficient (Wildman–Crippen LogP) is 1.73. The molecule has 1 fully saturated rings. The summed E-state index contributed by atoms with van der Waals surface area (Å²) in [5.74, 6) is -0.353. The molecule has 0 radical (unpaired) electrons. The van der Waals surface area contributed by atoms with Crippen molar-refractivity contribution in [3.05, 3.63) is 65.7 Å². The summed E-state index contributed by atoms with van der Waals surface area (Å²) in [7, 11) is -3.83. The minimum Gasteiger partial charge on any atom is -0.354 e. The normalized spacial score (nSPS) is 16.1. The molecular weight excluding hydrogens is 390 g/mol. The van der Waals surface area contributed by atoms with Gasteiger partial charge in [0.25, 0.3) is 5.91 Å². The number of carbonyl (C=O) groups excluding carboxylic acids is 2. The Balaban J connectivity index is 1.62. The topological polar surface area (TPSA) is 95.6 Å². The van der Waals surface area contributed by atoms with Crippen molar-refractivity contribution in [1.29, 1.82) is 0 Å². The van der Waals surface area contributed by atoms with E-state index >= 15 is 0 Å². The van der Waals surface area contributed by atoms with Crippen molar-refractivity contribution >= 4 is 21.8 Å². The Morgan fingerprint density at radius 3 is 2.66 bits per heavy atom. The van der Waals surface area contributed by atoms with Gasteiger partial charge in [0.05, 0.1) is 11.4 Å². The second kappa shape index (κ2) is 9.19. The van der Waals surface area contributed by atoms with Gasteiger partial charge in [-0.1, -0.05) is 43.3 Å². The Morgan fingerprint density at radius 1 is 1.17 bits per heavy atom. The van der Waals surface area contributed by atoms with Crippen LogP contribution in [0, 0.1) is 0 Å². The molecule has 29 heavy (non-hydrogen) atoms. The Labute approximate surface area is 171 Å². The summed E-state index contributed by atoms with van der Waals surface area (Å²) in [5, 5.41) is 5.45. The Morgan fingerprint density at radius 2 is 1.93 bits per heavy atom. The largest absolute Gasteiger partial charge is 0.354 e. The van der Waals surface area contributed by atoms with E-state index in [0.29, 0.717) is 12.5 Å². The molecule has 1 aliphatic rings. The molecule has 1 saturated heterocycles. The number of hydrogen-bond donors (Lipinski definition) is 2. The van der Waals surface area contributed by atoms with Gasteiger partial charge in [-0.15, -0.1) is 0 Å². The smallest absolute Gasteiger partial charge is 0.251 e. The van der Waals surface area contributed by atoms with Crippen molar-refractivity contribution in [2.75, 3.05) is 26.2 Å². The molecule has 8 heteroatoms. The number of rotatable bonds is 7. The second-order valence-corrected chi connectivity index (χ2v) is 9.01. The molecule has 0 bridgehead atoms. The number of benzene rings is 2. The number of hydrogen-bond acceptors (Lipinski definition) is 4. The van der Waals surface area contributed by atoms with Crippen molar-refractivity contribution in [3.8, 4) is 0 Å². The molecule has 1 aliphatic heterocycles. The fraction of sp³-hybridized carbons (Fsp3) is 0.333. The molecule has 0 spiro atoms. The number of nitrogens with zero attached hydrogens (tertiary/aromatic N) is 1. The Kier molecular flexibility index (Phi) is 6.66. The minimum absolute atomic E-state index is 0.0116. The molecule has 2 aromatic carbocycles. The van der Waals surface area contributed by atoms with Gasteiger partial charge >= 0.3 is 0 Å². The fourth-order valence-corrected chi connectivity index (χ4v) is 4.66.